The van der Waals surface area contributed by atoms with Gasteiger partial charge < -0.3 is 0 Å². The number of rotatable bonds is 1. The van der Waals surface area contributed by atoms with E-state index in [1.165, 1.54) is 6.07 Å². The van der Waals surface area contributed by atoms with Crippen LogP contribution in [0.1, 0.15) is 0 Å². The molecule has 0 heterocycles. The van der Waals surface area contributed by atoms with Crippen molar-refractivity contribution in [2.24, 2.45) is 0 Å². The molecule has 0 unspecified atom stereocenters. The van der Waals surface area contributed by atoms with Crippen LogP contribution < -0.4 is 0 Å². The van der Waals surface area contributed by atoms with Gasteiger partial charge in [-0.15, -0.1) is 12.6 Å². The average molecular weight is 366 g/mol. The molecule has 2 nitrogen and oxygen atoms in total. The van der Waals surface area contributed by atoms with Crippen LogP contribution in [0.25, 0.3) is 0 Å². The quantitative estimate of drug-likeness (QED) is 0.610. The summed E-state index contributed by atoms with van der Waals surface area (Å²) < 4.78 is 23.3. The van der Waals surface area contributed by atoms with Crippen LogP contribution in [-0.2, 0) is 9.05 Å². The van der Waals surface area contributed by atoms with E-state index in [9.17, 15) is 8.42 Å². The van der Waals surface area contributed by atoms with E-state index in [0.29, 0.717) is 9.37 Å². The van der Waals surface area contributed by atoms with Crippen LogP contribution in [0.3, 0.4) is 0 Å². The maximum atomic E-state index is 11.0. The summed E-state index contributed by atoms with van der Waals surface area (Å²) in [6.45, 7) is 0. The molecule has 0 bridgehead atoms. The second-order valence-corrected chi connectivity index (χ2v) is 6.77. The zero-order chi connectivity index (χ0) is 10.2. The highest BCUT2D eigenvalue weighted by atomic mass is 79.9. The van der Waals surface area contributed by atoms with Crippen LogP contribution in [0.4, 0.5) is 0 Å². The Morgan fingerprint density at radius 2 is 1.85 bits per heavy atom. The largest absolute Gasteiger partial charge is 0.262 e. The summed E-state index contributed by atoms with van der Waals surface area (Å²) in [5.41, 5.74) is 0. The predicted molar refractivity (Wildman–Crippen MR) is 62.1 cm³/mol. The number of hydrogen-bond acceptors (Lipinski definition) is 3. The summed E-state index contributed by atoms with van der Waals surface area (Å²) in [5, 5.41) is 0. The summed E-state index contributed by atoms with van der Waals surface area (Å²) >= 11 is 10.4. The molecule has 0 saturated carbocycles. The fraction of sp³-hybridized carbons (Fsp3) is 0. The van der Waals surface area contributed by atoms with Crippen LogP contribution in [0.2, 0.25) is 0 Å². The molecular weight excluding hydrogens is 363 g/mol. The lowest BCUT2D eigenvalue weighted by Gasteiger charge is -2.04. The van der Waals surface area contributed by atoms with Crippen molar-refractivity contribution in [2.75, 3.05) is 0 Å². The first kappa shape index (κ1) is 11.8. The van der Waals surface area contributed by atoms with Gasteiger partial charge in [-0.05, 0) is 44.0 Å². The summed E-state index contributed by atoms with van der Waals surface area (Å²) in [5.74, 6) is 0. The first-order chi connectivity index (χ1) is 5.84. The third kappa shape index (κ3) is 2.62. The van der Waals surface area contributed by atoms with E-state index in [1.807, 2.05) is 0 Å². The molecule has 1 aromatic carbocycles. The SMILES string of the molecule is O=S(=O)(Cl)c1ccc(Br)c(Br)c1S. The molecule has 0 atom stereocenters. The van der Waals surface area contributed by atoms with Crippen molar-refractivity contribution in [3.05, 3.63) is 21.1 Å². The molecule has 7 heteroatoms. The number of halogens is 3. The molecule has 0 aliphatic rings. The molecule has 1 rings (SSSR count). The Balaban J connectivity index is 3.53. The molecule has 0 amide bonds. The molecular formula is C6H3Br2ClO2S2. The van der Waals surface area contributed by atoms with Crippen LogP contribution in [0.5, 0.6) is 0 Å². The zero-order valence-corrected chi connectivity index (χ0v) is 11.6. The second kappa shape index (κ2) is 4.10. The van der Waals surface area contributed by atoms with Crippen LogP contribution in [0, 0.1) is 0 Å². The first-order valence-electron chi connectivity index (χ1n) is 2.95. The standard InChI is InChI=1S/C6H3Br2ClO2S2/c7-3-1-2-4(13(9,10)11)6(12)5(3)8/h1-2,12H. The minimum atomic E-state index is -3.73. The molecule has 0 aliphatic heterocycles. The zero-order valence-electron chi connectivity index (χ0n) is 5.96. The van der Waals surface area contributed by atoms with Crippen molar-refractivity contribution in [3.8, 4) is 0 Å². The average Bonchev–Trinajstić information content (AvgIpc) is 1.98. The Morgan fingerprint density at radius 3 is 2.31 bits per heavy atom. The maximum Gasteiger partial charge on any atom is 0.262 e. The van der Waals surface area contributed by atoms with E-state index >= 15 is 0 Å². The summed E-state index contributed by atoms with van der Waals surface area (Å²) in [6, 6.07) is 2.97. The summed E-state index contributed by atoms with van der Waals surface area (Å²) in [7, 11) is 1.45. The topological polar surface area (TPSA) is 34.1 Å². The Labute approximate surface area is 103 Å². The van der Waals surface area contributed by atoms with Gasteiger partial charge in [-0.2, -0.15) is 0 Å². The van der Waals surface area contributed by atoms with E-state index in [1.54, 1.807) is 6.07 Å². The summed E-state index contributed by atoms with van der Waals surface area (Å²) in [6.07, 6.45) is 0. The van der Waals surface area contributed by atoms with E-state index < -0.39 is 9.05 Å². The Hall–Kier alpha value is 0.770. The Bertz CT molecular complexity index is 444. The van der Waals surface area contributed by atoms with Gasteiger partial charge in [-0.3, -0.25) is 0 Å². The van der Waals surface area contributed by atoms with E-state index in [-0.39, 0.29) is 4.90 Å². The molecule has 1 aromatic rings. The lowest BCUT2D eigenvalue weighted by molar-refractivity contribution is 0.607. The third-order valence-electron chi connectivity index (χ3n) is 1.29. The number of benzene rings is 1. The summed E-state index contributed by atoms with van der Waals surface area (Å²) in [4.78, 5) is 0.289. The minimum Gasteiger partial charge on any atom is -0.207 e. The second-order valence-electron chi connectivity index (χ2n) is 2.15. The highest BCUT2D eigenvalue weighted by Gasteiger charge is 2.16. The van der Waals surface area contributed by atoms with Gasteiger partial charge in [0.25, 0.3) is 9.05 Å². The normalized spacial score (nSPS) is 11.7. The molecule has 0 aromatic heterocycles. The van der Waals surface area contributed by atoms with Crippen molar-refractivity contribution in [3.63, 3.8) is 0 Å². The maximum absolute atomic E-state index is 11.0. The molecule has 0 saturated heterocycles. The lowest BCUT2D eigenvalue weighted by atomic mass is 10.4. The smallest absolute Gasteiger partial charge is 0.207 e. The molecule has 0 spiro atoms. The van der Waals surface area contributed by atoms with Crippen molar-refractivity contribution in [1.29, 1.82) is 0 Å². The van der Waals surface area contributed by atoms with E-state index in [2.05, 4.69) is 44.5 Å². The fourth-order valence-corrected chi connectivity index (χ4v) is 3.35. The van der Waals surface area contributed by atoms with Gasteiger partial charge in [0, 0.05) is 24.5 Å². The molecule has 0 aliphatic carbocycles. The van der Waals surface area contributed by atoms with Crippen molar-refractivity contribution in [2.45, 2.75) is 9.79 Å². The highest BCUT2D eigenvalue weighted by molar-refractivity contribution is 9.13. The first-order valence-corrected chi connectivity index (χ1v) is 7.30. The van der Waals surface area contributed by atoms with Gasteiger partial charge in [0.15, 0.2) is 0 Å². The van der Waals surface area contributed by atoms with Crippen molar-refractivity contribution in [1.82, 2.24) is 0 Å². The third-order valence-corrected chi connectivity index (χ3v) is 5.60. The van der Waals surface area contributed by atoms with Gasteiger partial charge in [0.05, 0.1) is 4.90 Å². The minimum absolute atomic E-state index is 0.00687. The van der Waals surface area contributed by atoms with Gasteiger partial charge in [0.1, 0.15) is 0 Å². The monoisotopic (exact) mass is 364 g/mol. The van der Waals surface area contributed by atoms with Crippen LogP contribution in [0.15, 0.2) is 30.9 Å². The van der Waals surface area contributed by atoms with Crippen molar-refractivity contribution >= 4 is 64.2 Å². The number of thiol groups is 1. The van der Waals surface area contributed by atoms with Crippen LogP contribution >= 0.6 is 55.2 Å². The van der Waals surface area contributed by atoms with Crippen LogP contribution in [-0.4, -0.2) is 8.42 Å². The molecule has 13 heavy (non-hydrogen) atoms. The fourth-order valence-electron chi connectivity index (χ4n) is 0.719. The number of hydrogen-bond donors (Lipinski definition) is 1. The van der Waals surface area contributed by atoms with Gasteiger partial charge in [-0.25, -0.2) is 8.42 Å². The van der Waals surface area contributed by atoms with Gasteiger partial charge in [-0.1, -0.05) is 0 Å². The van der Waals surface area contributed by atoms with E-state index in [4.69, 9.17) is 10.7 Å². The molecule has 72 valence electrons. The van der Waals surface area contributed by atoms with Crippen molar-refractivity contribution < 1.29 is 8.42 Å². The lowest BCUT2D eigenvalue weighted by Crippen LogP contribution is -1.93. The molecule has 0 fully saturated rings. The molecule has 0 N–H and O–H groups in total. The molecule has 0 radical (unpaired) electrons. The highest BCUT2D eigenvalue weighted by Crippen LogP contribution is 2.35. The van der Waals surface area contributed by atoms with Gasteiger partial charge in [0.2, 0.25) is 0 Å². The van der Waals surface area contributed by atoms with Gasteiger partial charge >= 0.3 is 0 Å². The van der Waals surface area contributed by atoms with E-state index in [0.717, 1.165) is 4.47 Å². The predicted octanol–water partition coefficient (Wildman–Crippen LogP) is 3.43. The Kier molecular flexibility index (Phi) is 3.74. The Morgan fingerprint density at radius 1 is 1.31 bits per heavy atom.